The maximum absolute atomic E-state index is 12.2. The van der Waals surface area contributed by atoms with E-state index in [1.807, 2.05) is 63.4 Å². The van der Waals surface area contributed by atoms with Crippen LogP contribution in [0.25, 0.3) is 0 Å². The van der Waals surface area contributed by atoms with Crippen LogP contribution in [0.3, 0.4) is 0 Å². The Morgan fingerprint density at radius 1 is 1.14 bits per heavy atom. The highest BCUT2D eigenvalue weighted by Crippen LogP contribution is 2.17. The van der Waals surface area contributed by atoms with Gasteiger partial charge in [0.15, 0.2) is 0 Å². The lowest BCUT2D eigenvalue weighted by molar-refractivity contribution is 0.242. The smallest absolute Gasteiger partial charge is 0.319 e. The Morgan fingerprint density at radius 3 is 2.57 bits per heavy atom. The Kier molecular flexibility index (Phi) is 6.32. The van der Waals surface area contributed by atoms with E-state index in [1.165, 1.54) is 5.56 Å². The van der Waals surface area contributed by atoms with Crippen molar-refractivity contribution in [1.82, 2.24) is 14.9 Å². The molecule has 1 aromatic heterocycles. The number of rotatable bonds is 7. The predicted octanol–water partition coefficient (Wildman–Crippen LogP) is 4.35. The lowest BCUT2D eigenvalue weighted by Gasteiger charge is -2.12. The molecular weight excluding hydrogens is 352 g/mol. The molecule has 0 spiro atoms. The van der Waals surface area contributed by atoms with Crippen LogP contribution in [0.15, 0.2) is 60.9 Å². The van der Waals surface area contributed by atoms with Crippen LogP contribution in [0.4, 0.5) is 10.5 Å². The summed E-state index contributed by atoms with van der Waals surface area (Å²) < 4.78 is 7.69. The van der Waals surface area contributed by atoms with Gasteiger partial charge in [-0.25, -0.2) is 9.78 Å². The first-order valence-electron chi connectivity index (χ1n) is 9.37. The number of aryl methyl sites for hydroxylation is 1. The monoisotopic (exact) mass is 378 g/mol. The molecule has 6 nitrogen and oxygen atoms in total. The Labute approximate surface area is 165 Å². The van der Waals surface area contributed by atoms with Crippen LogP contribution in [0, 0.1) is 6.92 Å². The molecule has 28 heavy (non-hydrogen) atoms. The second kappa shape index (κ2) is 9.08. The summed E-state index contributed by atoms with van der Waals surface area (Å²) in [4.78, 5) is 16.4. The minimum absolute atomic E-state index is 0.121. The molecule has 0 unspecified atom stereocenters. The van der Waals surface area contributed by atoms with E-state index < -0.39 is 0 Å². The number of ether oxygens (including phenoxy) is 1. The van der Waals surface area contributed by atoms with Crippen molar-refractivity contribution in [2.45, 2.75) is 40.0 Å². The van der Waals surface area contributed by atoms with E-state index >= 15 is 0 Å². The Hall–Kier alpha value is -3.28. The summed E-state index contributed by atoms with van der Waals surface area (Å²) in [6.45, 7) is 7.15. The van der Waals surface area contributed by atoms with E-state index in [2.05, 4.69) is 32.3 Å². The van der Waals surface area contributed by atoms with Crippen molar-refractivity contribution in [3.8, 4) is 5.75 Å². The Bertz CT molecular complexity index is 916. The molecule has 0 radical (unpaired) electrons. The first kappa shape index (κ1) is 19.5. The van der Waals surface area contributed by atoms with Gasteiger partial charge in [-0.3, -0.25) is 0 Å². The molecule has 0 fully saturated rings. The number of nitrogens with zero attached hydrogens (tertiary/aromatic N) is 2. The first-order valence-corrected chi connectivity index (χ1v) is 9.37. The number of urea groups is 1. The van der Waals surface area contributed by atoms with Crippen molar-refractivity contribution < 1.29 is 9.53 Å². The highest BCUT2D eigenvalue weighted by molar-refractivity contribution is 5.89. The third-order valence-corrected chi connectivity index (χ3v) is 4.20. The number of carbonyl (C=O) groups excluding carboxylic acids is 1. The van der Waals surface area contributed by atoms with Crippen molar-refractivity contribution in [3.05, 3.63) is 77.9 Å². The summed E-state index contributed by atoms with van der Waals surface area (Å²) in [6.07, 6.45) is 3.88. The molecule has 2 aromatic carbocycles. The van der Waals surface area contributed by atoms with Crippen molar-refractivity contribution in [2.24, 2.45) is 0 Å². The quantitative estimate of drug-likeness (QED) is 0.642. The number of imidazole rings is 1. The maximum Gasteiger partial charge on any atom is 0.319 e. The summed E-state index contributed by atoms with van der Waals surface area (Å²) in [7, 11) is 0. The number of anilines is 1. The Balaban J connectivity index is 1.51. The van der Waals surface area contributed by atoms with Crippen LogP contribution in [-0.4, -0.2) is 21.7 Å². The van der Waals surface area contributed by atoms with Crippen molar-refractivity contribution in [2.75, 3.05) is 5.32 Å². The van der Waals surface area contributed by atoms with E-state index in [0.29, 0.717) is 6.54 Å². The summed E-state index contributed by atoms with van der Waals surface area (Å²) >= 11 is 0. The van der Waals surface area contributed by atoms with Gasteiger partial charge in [0, 0.05) is 31.2 Å². The van der Waals surface area contributed by atoms with Gasteiger partial charge in [0.2, 0.25) is 0 Å². The van der Waals surface area contributed by atoms with Gasteiger partial charge in [-0.15, -0.1) is 0 Å². The average molecular weight is 378 g/mol. The fourth-order valence-electron chi connectivity index (χ4n) is 2.85. The molecule has 2 amide bonds. The molecule has 1 heterocycles. The van der Waals surface area contributed by atoms with Gasteiger partial charge < -0.3 is 19.9 Å². The van der Waals surface area contributed by atoms with Gasteiger partial charge in [-0.2, -0.15) is 0 Å². The minimum atomic E-state index is -0.242. The second-order valence-electron chi connectivity index (χ2n) is 6.92. The molecule has 3 rings (SSSR count). The van der Waals surface area contributed by atoms with Crippen LogP contribution >= 0.6 is 0 Å². The lowest BCUT2D eigenvalue weighted by atomic mass is 10.1. The number of hydrogen-bond donors (Lipinski definition) is 2. The molecule has 146 valence electrons. The topological polar surface area (TPSA) is 68.2 Å². The minimum Gasteiger partial charge on any atom is -0.491 e. The summed E-state index contributed by atoms with van der Waals surface area (Å²) in [6, 6.07) is 15.3. The molecular formula is C22H26N4O2. The van der Waals surface area contributed by atoms with Gasteiger partial charge in [-0.05, 0) is 56.2 Å². The lowest BCUT2D eigenvalue weighted by Crippen LogP contribution is -2.28. The Morgan fingerprint density at radius 2 is 1.89 bits per heavy atom. The standard InChI is InChI=1S/C22H26N4O2/c1-16(2)28-21-9-7-20(8-10-21)25-22(27)24-14-18-5-4-6-19(13-18)15-26-12-11-23-17(26)3/h4-13,16H,14-15H2,1-3H3,(H2,24,25,27). The molecule has 0 saturated heterocycles. The van der Waals surface area contributed by atoms with Gasteiger partial charge in [0.1, 0.15) is 11.6 Å². The van der Waals surface area contributed by atoms with E-state index in [-0.39, 0.29) is 12.1 Å². The number of hydrogen-bond acceptors (Lipinski definition) is 3. The number of amides is 2. The van der Waals surface area contributed by atoms with E-state index in [4.69, 9.17) is 4.74 Å². The molecule has 0 aliphatic heterocycles. The highest BCUT2D eigenvalue weighted by Gasteiger charge is 2.05. The zero-order chi connectivity index (χ0) is 19.9. The van der Waals surface area contributed by atoms with Gasteiger partial charge >= 0.3 is 6.03 Å². The fraction of sp³-hybridized carbons (Fsp3) is 0.273. The third-order valence-electron chi connectivity index (χ3n) is 4.20. The number of carbonyl (C=O) groups is 1. The largest absolute Gasteiger partial charge is 0.491 e. The SMILES string of the molecule is Cc1nccn1Cc1cccc(CNC(=O)Nc2ccc(OC(C)C)cc2)c1. The van der Waals surface area contributed by atoms with E-state index in [9.17, 15) is 4.79 Å². The van der Waals surface area contributed by atoms with Gasteiger partial charge in [-0.1, -0.05) is 24.3 Å². The van der Waals surface area contributed by atoms with E-state index in [1.54, 1.807) is 6.20 Å². The van der Waals surface area contributed by atoms with Crippen LogP contribution in [0.1, 0.15) is 30.8 Å². The number of aromatic nitrogens is 2. The molecule has 6 heteroatoms. The van der Waals surface area contributed by atoms with Crippen molar-refractivity contribution in [3.63, 3.8) is 0 Å². The molecule has 0 bridgehead atoms. The zero-order valence-corrected chi connectivity index (χ0v) is 16.5. The van der Waals surface area contributed by atoms with Crippen LogP contribution < -0.4 is 15.4 Å². The molecule has 3 aromatic rings. The summed E-state index contributed by atoms with van der Waals surface area (Å²) in [5.41, 5.74) is 2.94. The molecule has 2 N–H and O–H groups in total. The summed E-state index contributed by atoms with van der Waals surface area (Å²) in [5, 5.41) is 5.72. The third kappa shape index (κ3) is 5.61. The van der Waals surface area contributed by atoms with Crippen LogP contribution in [0.5, 0.6) is 5.75 Å². The first-order chi connectivity index (χ1) is 13.5. The van der Waals surface area contributed by atoms with Gasteiger partial charge in [0.25, 0.3) is 0 Å². The predicted molar refractivity (Wildman–Crippen MR) is 111 cm³/mol. The zero-order valence-electron chi connectivity index (χ0n) is 16.5. The second-order valence-corrected chi connectivity index (χ2v) is 6.92. The maximum atomic E-state index is 12.2. The van der Waals surface area contributed by atoms with Crippen molar-refractivity contribution >= 4 is 11.7 Å². The fourth-order valence-corrected chi connectivity index (χ4v) is 2.85. The molecule has 0 saturated carbocycles. The van der Waals surface area contributed by atoms with Gasteiger partial charge in [0.05, 0.1) is 6.10 Å². The summed E-state index contributed by atoms with van der Waals surface area (Å²) in [5.74, 6) is 1.76. The average Bonchev–Trinajstić information content (AvgIpc) is 3.06. The van der Waals surface area contributed by atoms with Crippen LogP contribution in [-0.2, 0) is 13.1 Å². The molecule has 0 aliphatic carbocycles. The van der Waals surface area contributed by atoms with E-state index in [0.717, 1.165) is 29.4 Å². The highest BCUT2D eigenvalue weighted by atomic mass is 16.5. The molecule has 0 aliphatic rings. The normalized spacial score (nSPS) is 10.7. The number of nitrogens with one attached hydrogen (secondary N) is 2. The molecule has 0 atom stereocenters. The van der Waals surface area contributed by atoms with Crippen molar-refractivity contribution in [1.29, 1.82) is 0 Å². The van der Waals surface area contributed by atoms with Crippen LogP contribution in [0.2, 0.25) is 0 Å². The number of benzene rings is 2.